The summed E-state index contributed by atoms with van der Waals surface area (Å²) in [5.74, 6) is 0.910. The van der Waals surface area contributed by atoms with E-state index in [1.165, 1.54) is 32.2 Å². The topological polar surface area (TPSA) is 24.5 Å². The Hall–Kier alpha value is -0.350. The van der Waals surface area contributed by atoms with Gasteiger partial charge in [-0.15, -0.1) is 0 Å². The van der Waals surface area contributed by atoms with E-state index in [9.17, 15) is 0 Å². The van der Waals surface area contributed by atoms with Crippen LogP contribution in [0.2, 0.25) is 0 Å². The third-order valence-electron chi connectivity index (χ3n) is 2.98. The average molecular weight is 228 g/mol. The molecule has 2 rings (SSSR count). The fourth-order valence-electron chi connectivity index (χ4n) is 1.72. The summed E-state index contributed by atoms with van der Waals surface area (Å²) in [6.45, 7) is 2.72. The molecule has 0 aliphatic heterocycles. The molecule has 4 heteroatoms. The molecule has 2 saturated carbocycles. The number of nitrogens with one attached hydrogen (secondary N) is 1. The Morgan fingerprint density at radius 2 is 2.13 bits per heavy atom. The van der Waals surface area contributed by atoms with Crippen molar-refractivity contribution < 1.29 is 4.74 Å². The number of hydrogen-bond acceptors (Lipinski definition) is 2. The fourth-order valence-corrected chi connectivity index (χ4v) is 2.05. The van der Waals surface area contributed by atoms with E-state index < -0.39 is 0 Å². The van der Waals surface area contributed by atoms with Crippen LogP contribution in [0.15, 0.2) is 0 Å². The molecule has 0 aromatic carbocycles. The highest BCUT2D eigenvalue weighted by Crippen LogP contribution is 2.34. The molecule has 0 atom stereocenters. The van der Waals surface area contributed by atoms with E-state index in [-0.39, 0.29) is 0 Å². The largest absolute Gasteiger partial charge is 0.383 e. The Bertz CT molecular complexity index is 227. The number of nitrogens with zero attached hydrogens (tertiary/aromatic N) is 1. The Morgan fingerprint density at radius 3 is 2.67 bits per heavy atom. The first-order valence-corrected chi connectivity index (χ1v) is 6.25. The first-order chi connectivity index (χ1) is 7.31. The van der Waals surface area contributed by atoms with Crippen molar-refractivity contribution in [3.05, 3.63) is 0 Å². The van der Waals surface area contributed by atoms with Gasteiger partial charge in [0.05, 0.1) is 6.61 Å². The number of hydrogen-bond donors (Lipinski definition) is 1. The van der Waals surface area contributed by atoms with Gasteiger partial charge < -0.3 is 15.0 Å². The van der Waals surface area contributed by atoms with Gasteiger partial charge in [-0.2, -0.15) is 0 Å². The zero-order valence-electron chi connectivity index (χ0n) is 9.37. The number of methoxy groups -OCH3 is 1. The van der Waals surface area contributed by atoms with Crippen LogP contribution in [0.1, 0.15) is 25.7 Å². The first kappa shape index (κ1) is 11.1. The Kier molecular flexibility index (Phi) is 3.81. The van der Waals surface area contributed by atoms with Crippen LogP contribution < -0.4 is 5.32 Å². The standard InChI is InChI=1S/C11H20N2OS/c1-14-7-6-12-11(15)13(10-4-5-10)8-9-2-3-9/h9-10H,2-8H2,1H3,(H,12,15). The summed E-state index contributed by atoms with van der Waals surface area (Å²) in [6.07, 6.45) is 5.42. The van der Waals surface area contributed by atoms with Crippen molar-refractivity contribution in [2.45, 2.75) is 31.7 Å². The second-order valence-electron chi connectivity index (χ2n) is 4.55. The normalized spacial score (nSPS) is 20.1. The highest BCUT2D eigenvalue weighted by atomic mass is 32.1. The zero-order valence-corrected chi connectivity index (χ0v) is 10.2. The predicted molar refractivity (Wildman–Crippen MR) is 64.9 cm³/mol. The Labute approximate surface area is 97.2 Å². The highest BCUT2D eigenvalue weighted by Gasteiger charge is 2.34. The molecule has 0 aromatic rings. The smallest absolute Gasteiger partial charge is 0.169 e. The quantitative estimate of drug-likeness (QED) is 0.548. The zero-order chi connectivity index (χ0) is 10.7. The number of ether oxygens (including phenoxy) is 1. The minimum atomic E-state index is 0.724. The average Bonchev–Trinajstić information content (AvgIpc) is 3.06. The number of thiocarbonyl (C=S) groups is 1. The molecule has 2 aliphatic rings. The van der Waals surface area contributed by atoms with Crippen molar-refractivity contribution >= 4 is 17.3 Å². The molecule has 0 bridgehead atoms. The monoisotopic (exact) mass is 228 g/mol. The van der Waals surface area contributed by atoms with E-state index in [2.05, 4.69) is 10.2 Å². The van der Waals surface area contributed by atoms with Gasteiger partial charge in [-0.05, 0) is 43.8 Å². The van der Waals surface area contributed by atoms with E-state index in [0.717, 1.165) is 30.2 Å². The lowest BCUT2D eigenvalue weighted by Crippen LogP contribution is -2.43. The molecule has 0 spiro atoms. The molecule has 0 aromatic heterocycles. The van der Waals surface area contributed by atoms with E-state index in [4.69, 9.17) is 17.0 Å². The first-order valence-electron chi connectivity index (χ1n) is 5.84. The summed E-state index contributed by atoms with van der Waals surface area (Å²) in [6, 6.07) is 0.730. The highest BCUT2D eigenvalue weighted by molar-refractivity contribution is 7.80. The molecule has 0 heterocycles. The summed E-state index contributed by atoms with van der Waals surface area (Å²) in [5.41, 5.74) is 0. The van der Waals surface area contributed by atoms with Crippen LogP contribution in [-0.4, -0.2) is 42.9 Å². The molecule has 1 N–H and O–H groups in total. The van der Waals surface area contributed by atoms with Crippen LogP contribution in [0, 0.1) is 5.92 Å². The van der Waals surface area contributed by atoms with E-state index in [1.54, 1.807) is 7.11 Å². The van der Waals surface area contributed by atoms with Crippen molar-refractivity contribution in [1.29, 1.82) is 0 Å². The Morgan fingerprint density at radius 1 is 1.40 bits per heavy atom. The van der Waals surface area contributed by atoms with E-state index in [0.29, 0.717) is 0 Å². The second-order valence-corrected chi connectivity index (χ2v) is 4.94. The maximum atomic E-state index is 5.41. The van der Waals surface area contributed by atoms with Crippen molar-refractivity contribution in [2.24, 2.45) is 5.92 Å². The van der Waals surface area contributed by atoms with Crippen molar-refractivity contribution in [3.8, 4) is 0 Å². The van der Waals surface area contributed by atoms with Crippen molar-refractivity contribution in [2.75, 3.05) is 26.8 Å². The summed E-state index contributed by atoms with van der Waals surface area (Å²) >= 11 is 5.41. The maximum Gasteiger partial charge on any atom is 0.169 e. The molecular weight excluding hydrogens is 208 g/mol. The van der Waals surface area contributed by atoms with Gasteiger partial charge in [-0.25, -0.2) is 0 Å². The van der Waals surface area contributed by atoms with Crippen LogP contribution >= 0.6 is 12.2 Å². The maximum absolute atomic E-state index is 5.41. The molecule has 0 unspecified atom stereocenters. The molecule has 0 amide bonds. The SMILES string of the molecule is COCCNC(=S)N(CC1CC1)C1CC1. The van der Waals surface area contributed by atoms with Gasteiger partial charge in [0.1, 0.15) is 0 Å². The minimum Gasteiger partial charge on any atom is -0.383 e. The van der Waals surface area contributed by atoms with Crippen LogP contribution in [-0.2, 0) is 4.74 Å². The van der Waals surface area contributed by atoms with Gasteiger partial charge in [0.25, 0.3) is 0 Å². The fraction of sp³-hybridized carbons (Fsp3) is 0.909. The molecule has 0 saturated heterocycles. The van der Waals surface area contributed by atoms with Gasteiger partial charge >= 0.3 is 0 Å². The van der Waals surface area contributed by atoms with Crippen LogP contribution in [0.3, 0.4) is 0 Å². The van der Waals surface area contributed by atoms with Crippen LogP contribution in [0.5, 0.6) is 0 Å². The van der Waals surface area contributed by atoms with Crippen LogP contribution in [0.4, 0.5) is 0 Å². The molecule has 3 nitrogen and oxygen atoms in total. The third kappa shape index (κ3) is 3.61. The summed E-state index contributed by atoms with van der Waals surface area (Å²) in [7, 11) is 1.72. The van der Waals surface area contributed by atoms with Gasteiger partial charge in [0.2, 0.25) is 0 Å². The Balaban J connectivity index is 1.72. The summed E-state index contributed by atoms with van der Waals surface area (Å²) in [4.78, 5) is 2.39. The van der Waals surface area contributed by atoms with E-state index >= 15 is 0 Å². The van der Waals surface area contributed by atoms with Crippen molar-refractivity contribution in [3.63, 3.8) is 0 Å². The predicted octanol–water partition coefficient (Wildman–Crippen LogP) is 1.38. The summed E-state index contributed by atoms with van der Waals surface area (Å²) < 4.78 is 5.00. The third-order valence-corrected chi connectivity index (χ3v) is 3.36. The van der Waals surface area contributed by atoms with Crippen LogP contribution in [0.25, 0.3) is 0 Å². The lowest BCUT2D eigenvalue weighted by atomic mass is 10.3. The molecule has 15 heavy (non-hydrogen) atoms. The summed E-state index contributed by atoms with van der Waals surface area (Å²) in [5, 5.41) is 4.20. The number of rotatable bonds is 6. The lowest BCUT2D eigenvalue weighted by molar-refractivity contribution is 0.202. The molecular formula is C11H20N2OS. The molecule has 2 fully saturated rings. The second kappa shape index (κ2) is 5.12. The lowest BCUT2D eigenvalue weighted by Gasteiger charge is -2.25. The van der Waals surface area contributed by atoms with Gasteiger partial charge in [0.15, 0.2) is 5.11 Å². The molecule has 2 aliphatic carbocycles. The minimum absolute atomic E-state index is 0.724. The molecule has 86 valence electrons. The van der Waals surface area contributed by atoms with Gasteiger partial charge in [-0.3, -0.25) is 0 Å². The van der Waals surface area contributed by atoms with Gasteiger partial charge in [-0.1, -0.05) is 0 Å². The van der Waals surface area contributed by atoms with Crippen molar-refractivity contribution in [1.82, 2.24) is 10.2 Å². The van der Waals surface area contributed by atoms with Gasteiger partial charge in [0, 0.05) is 26.2 Å². The molecule has 0 radical (unpaired) electrons. The van der Waals surface area contributed by atoms with E-state index in [1.807, 2.05) is 0 Å².